The van der Waals surface area contributed by atoms with E-state index in [0.717, 1.165) is 0 Å². The lowest BCUT2D eigenvalue weighted by molar-refractivity contribution is 0.926. The van der Waals surface area contributed by atoms with Crippen LogP contribution in [0.2, 0.25) is 0 Å². The fourth-order valence-electron chi connectivity index (χ4n) is 8.87. The molecule has 0 aliphatic rings. The van der Waals surface area contributed by atoms with Gasteiger partial charge in [0.1, 0.15) is 0 Å². The Hall–Kier alpha value is -4.42. The van der Waals surface area contributed by atoms with Crippen molar-refractivity contribution < 1.29 is 0 Å². The van der Waals surface area contributed by atoms with Crippen LogP contribution in [-0.4, -0.2) is 0 Å². The van der Waals surface area contributed by atoms with E-state index in [2.05, 4.69) is 171 Å². The smallest absolute Gasteiger partial charge is 0.0345 e. The molecule has 0 N–H and O–H groups in total. The van der Waals surface area contributed by atoms with Gasteiger partial charge in [0.05, 0.1) is 0 Å². The maximum atomic E-state index is 2.48. The minimum atomic E-state index is 0.148. The first kappa shape index (κ1) is 37.3. The molecule has 6 aromatic rings. The third kappa shape index (κ3) is 6.13. The van der Waals surface area contributed by atoms with Gasteiger partial charge in [0.2, 0.25) is 0 Å². The Kier molecular flexibility index (Phi) is 9.95. The molecule has 0 saturated heterocycles. The van der Waals surface area contributed by atoms with E-state index < -0.39 is 0 Å². The summed E-state index contributed by atoms with van der Waals surface area (Å²) in [5.74, 6) is 0.297. The first-order valence-corrected chi connectivity index (χ1v) is 19.3. The van der Waals surface area contributed by atoms with Crippen molar-refractivity contribution in [1.82, 2.24) is 0 Å². The SMILES string of the molecule is Cc1cc(C(c2ccc3cc(C(c4cc(C)c(C)c(C)c4C)c4cc(C)c(C)c(C)c4C)ccc3c2)c2cc(C)c(C)c(C)c2C)c(C)c(C)c1C. The van der Waals surface area contributed by atoms with Gasteiger partial charge in [-0.25, -0.2) is 0 Å². The van der Waals surface area contributed by atoms with Crippen molar-refractivity contribution in [3.05, 3.63) is 183 Å². The van der Waals surface area contributed by atoms with Crippen LogP contribution in [0.1, 0.15) is 134 Å². The third-order valence-corrected chi connectivity index (χ3v) is 13.9. The van der Waals surface area contributed by atoms with Gasteiger partial charge < -0.3 is 0 Å². The Balaban J connectivity index is 1.59. The maximum Gasteiger partial charge on any atom is 0.0345 e. The van der Waals surface area contributed by atoms with Gasteiger partial charge in [-0.3, -0.25) is 0 Å². The summed E-state index contributed by atoms with van der Waals surface area (Å²) < 4.78 is 0. The van der Waals surface area contributed by atoms with Gasteiger partial charge in [-0.1, -0.05) is 60.7 Å². The zero-order valence-corrected chi connectivity index (χ0v) is 34.9. The van der Waals surface area contributed by atoms with Crippen molar-refractivity contribution in [3.8, 4) is 0 Å². The summed E-state index contributed by atoms with van der Waals surface area (Å²) in [5, 5.41) is 2.59. The topological polar surface area (TPSA) is 0 Å². The highest BCUT2D eigenvalue weighted by atomic mass is 14.3. The van der Waals surface area contributed by atoms with Crippen molar-refractivity contribution in [2.24, 2.45) is 0 Å². The summed E-state index contributed by atoms with van der Waals surface area (Å²) in [5.41, 5.74) is 30.7. The van der Waals surface area contributed by atoms with Gasteiger partial charge >= 0.3 is 0 Å². The van der Waals surface area contributed by atoms with E-state index >= 15 is 0 Å². The van der Waals surface area contributed by atoms with Crippen molar-refractivity contribution in [1.29, 1.82) is 0 Å². The summed E-state index contributed by atoms with van der Waals surface area (Å²) in [6.07, 6.45) is 0. The number of hydrogen-bond acceptors (Lipinski definition) is 0. The van der Waals surface area contributed by atoms with Crippen LogP contribution in [0.4, 0.5) is 0 Å². The number of fused-ring (bicyclic) bond motifs is 1. The first-order chi connectivity index (χ1) is 24.4. The Morgan fingerprint density at radius 3 is 0.712 bits per heavy atom. The second kappa shape index (κ2) is 13.9. The zero-order valence-electron chi connectivity index (χ0n) is 34.9. The quantitative estimate of drug-likeness (QED) is 0.153. The van der Waals surface area contributed by atoms with Gasteiger partial charge in [0, 0.05) is 11.8 Å². The lowest BCUT2D eigenvalue weighted by Crippen LogP contribution is -2.12. The monoisotopic (exact) mass is 684 g/mol. The summed E-state index contributed by atoms with van der Waals surface area (Å²) in [4.78, 5) is 0. The average molecular weight is 685 g/mol. The van der Waals surface area contributed by atoms with E-state index in [9.17, 15) is 0 Å². The van der Waals surface area contributed by atoms with Crippen LogP contribution in [0.15, 0.2) is 60.7 Å². The number of hydrogen-bond donors (Lipinski definition) is 0. The van der Waals surface area contributed by atoms with Gasteiger partial charge in [0.15, 0.2) is 0 Å². The molecule has 268 valence electrons. The Morgan fingerprint density at radius 2 is 0.481 bits per heavy atom. The molecule has 52 heavy (non-hydrogen) atoms. The molecule has 0 amide bonds. The molecule has 0 fully saturated rings. The van der Waals surface area contributed by atoms with E-state index in [1.807, 2.05) is 0 Å². The molecule has 0 saturated carbocycles. The van der Waals surface area contributed by atoms with E-state index in [0.29, 0.717) is 0 Å². The van der Waals surface area contributed by atoms with E-state index in [1.54, 1.807) is 0 Å². The Morgan fingerprint density at radius 1 is 0.250 bits per heavy atom. The second-order valence-electron chi connectivity index (χ2n) is 16.4. The summed E-state index contributed by atoms with van der Waals surface area (Å²) in [6.45, 7) is 36.7. The summed E-state index contributed by atoms with van der Waals surface area (Å²) in [6, 6.07) is 24.4. The molecule has 0 radical (unpaired) electrons. The number of aryl methyl sites for hydroxylation is 4. The fourth-order valence-corrected chi connectivity index (χ4v) is 8.87. The highest BCUT2D eigenvalue weighted by Gasteiger charge is 2.27. The zero-order chi connectivity index (χ0) is 38.1. The normalized spacial score (nSPS) is 11.8. The fraction of sp³-hybridized carbons (Fsp3) is 0.346. The molecule has 0 aromatic heterocycles. The minimum absolute atomic E-state index is 0.148. The molecule has 0 nitrogen and oxygen atoms in total. The average Bonchev–Trinajstić information content (AvgIpc) is 3.13. The van der Waals surface area contributed by atoms with Crippen LogP contribution in [0.25, 0.3) is 10.8 Å². The third-order valence-electron chi connectivity index (χ3n) is 13.9. The minimum Gasteiger partial charge on any atom is -0.0574 e. The molecular weight excluding hydrogens is 625 g/mol. The Labute approximate surface area is 315 Å². The molecular formula is C52H60. The Bertz CT molecular complexity index is 2110. The highest BCUT2D eigenvalue weighted by Crippen LogP contribution is 2.43. The number of rotatable bonds is 6. The van der Waals surface area contributed by atoms with Gasteiger partial charge in [-0.2, -0.15) is 0 Å². The highest BCUT2D eigenvalue weighted by molar-refractivity contribution is 5.85. The van der Waals surface area contributed by atoms with Crippen molar-refractivity contribution in [3.63, 3.8) is 0 Å². The summed E-state index contributed by atoms with van der Waals surface area (Å²) in [7, 11) is 0. The molecule has 0 heterocycles. The van der Waals surface area contributed by atoms with Gasteiger partial charge in [0.25, 0.3) is 0 Å². The van der Waals surface area contributed by atoms with Crippen LogP contribution in [0.5, 0.6) is 0 Å². The molecule has 0 bridgehead atoms. The molecule has 0 unspecified atom stereocenters. The van der Waals surface area contributed by atoms with Crippen molar-refractivity contribution in [2.75, 3.05) is 0 Å². The van der Waals surface area contributed by atoms with Crippen LogP contribution >= 0.6 is 0 Å². The van der Waals surface area contributed by atoms with E-state index in [-0.39, 0.29) is 11.8 Å². The van der Waals surface area contributed by atoms with Crippen molar-refractivity contribution >= 4 is 10.8 Å². The van der Waals surface area contributed by atoms with E-state index in [1.165, 1.54) is 133 Å². The van der Waals surface area contributed by atoms with Crippen LogP contribution < -0.4 is 0 Å². The molecule has 0 spiro atoms. The van der Waals surface area contributed by atoms with Gasteiger partial charge in [-0.05, 0) is 244 Å². The second-order valence-corrected chi connectivity index (χ2v) is 16.4. The molecule has 0 heteroatoms. The molecule has 6 aromatic carbocycles. The molecule has 6 rings (SSSR count). The largest absolute Gasteiger partial charge is 0.0574 e. The molecule has 0 aliphatic carbocycles. The lowest BCUT2D eigenvalue weighted by atomic mass is 9.76. The van der Waals surface area contributed by atoms with Crippen LogP contribution in [0, 0.1) is 111 Å². The van der Waals surface area contributed by atoms with E-state index in [4.69, 9.17) is 0 Å². The predicted molar refractivity (Wildman–Crippen MR) is 227 cm³/mol. The maximum absolute atomic E-state index is 2.48. The van der Waals surface area contributed by atoms with Crippen LogP contribution in [0.3, 0.4) is 0 Å². The lowest BCUT2D eigenvalue weighted by Gasteiger charge is -2.28. The first-order valence-electron chi connectivity index (χ1n) is 19.3. The molecule has 0 aliphatic heterocycles. The van der Waals surface area contributed by atoms with Crippen molar-refractivity contribution in [2.45, 2.75) is 123 Å². The number of benzene rings is 6. The molecule has 0 atom stereocenters. The van der Waals surface area contributed by atoms with Gasteiger partial charge in [-0.15, -0.1) is 0 Å². The standard InChI is InChI=1S/C52H60/c1-27-21-47(39(13)35(9)31(27)5)51(48-22-28(2)32(6)36(10)40(48)14)45-19-17-44-26-46(20-18-43(44)25-45)52(49-23-29(3)33(7)37(11)41(49)15)50-24-30(4)34(8)38(12)42(50)16/h17-26,51-52H,1-16H3. The predicted octanol–water partition coefficient (Wildman–Crippen LogP) is 14.1. The summed E-state index contributed by atoms with van der Waals surface area (Å²) >= 11 is 0. The van der Waals surface area contributed by atoms with Crippen LogP contribution in [-0.2, 0) is 0 Å².